The highest BCUT2D eigenvalue weighted by atomic mass is 32.2. The third-order valence-electron chi connectivity index (χ3n) is 3.93. The molecule has 128 valence electrons. The highest BCUT2D eigenvalue weighted by Crippen LogP contribution is 2.21. The van der Waals surface area contributed by atoms with E-state index in [4.69, 9.17) is 9.15 Å². The maximum Gasteiger partial charge on any atom is 0.289 e. The summed E-state index contributed by atoms with van der Waals surface area (Å²) < 4.78 is 35.8. The second-order valence-electron chi connectivity index (χ2n) is 5.70. The number of aryl methyl sites for hydroxylation is 1. The zero-order chi connectivity index (χ0) is 17.2. The third-order valence-corrected chi connectivity index (χ3v) is 5.72. The van der Waals surface area contributed by atoms with Crippen LogP contribution in [0, 0.1) is 6.92 Å². The fourth-order valence-corrected chi connectivity index (χ4v) is 4.19. The Morgan fingerprint density at radius 2 is 1.83 bits per heavy atom. The largest absolute Gasteiger partial charge is 0.455 e. The number of carbonyl (C=O) groups is 1. The number of sulfone groups is 1. The minimum atomic E-state index is -3.52. The van der Waals surface area contributed by atoms with Crippen LogP contribution in [0.3, 0.4) is 0 Å². The van der Waals surface area contributed by atoms with Crippen LogP contribution in [-0.4, -0.2) is 45.5 Å². The number of furan rings is 1. The molecule has 7 heteroatoms. The summed E-state index contributed by atoms with van der Waals surface area (Å²) >= 11 is 0. The Bertz CT molecular complexity index is 834. The molecule has 0 unspecified atom stereocenters. The first-order valence-electron chi connectivity index (χ1n) is 7.71. The van der Waals surface area contributed by atoms with E-state index in [-0.39, 0.29) is 28.1 Å². The van der Waals surface area contributed by atoms with E-state index in [9.17, 15) is 13.2 Å². The summed E-state index contributed by atoms with van der Waals surface area (Å²) in [5.41, 5.74) is 0.689. The molecule has 1 amide bonds. The van der Waals surface area contributed by atoms with Gasteiger partial charge in [0, 0.05) is 13.1 Å². The van der Waals surface area contributed by atoms with E-state index in [1.807, 2.05) is 0 Å². The number of rotatable bonds is 4. The van der Waals surface area contributed by atoms with Crippen LogP contribution < -0.4 is 0 Å². The molecule has 2 heterocycles. The molecule has 1 aliphatic rings. The Morgan fingerprint density at radius 1 is 1.12 bits per heavy atom. The van der Waals surface area contributed by atoms with Gasteiger partial charge in [-0.2, -0.15) is 0 Å². The summed E-state index contributed by atoms with van der Waals surface area (Å²) in [5.74, 6) is -0.0894. The first-order valence-corrected chi connectivity index (χ1v) is 9.37. The highest BCUT2D eigenvalue weighted by Gasteiger charge is 2.24. The molecule has 1 aromatic carbocycles. The van der Waals surface area contributed by atoms with Gasteiger partial charge in [0.25, 0.3) is 5.91 Å². The van der Waals surface area contributed by atoms with Crippen LogP contribution in [0.4, 0.5) is 0 Å². The first-order chi connectivity index (χ1) is 11.5. The lowest BCUT2D eigenvalue weighted by Crippen LogP contribution is -2.40. The number of morpholine rings is 1. The molecular formula is C17H19NO5S. The molecular weight excluding hydrogens is 330 g/mol. The Hall–Kier alpha value is -2.12. The van der Waals surface area contributed by atoms with Crippen molar-refractivity contribution in [2.75, 3.05) is 26.3 Å². The van der Waals surface area contributed by atoms with Gasteiger partial charge in [-0.1, -0.05) is 18.2 Å². The Kier molecular flexibility index (Phi) is 4.73. The smallest absolute Gasteiger partial charge is 0.289 e. The van der Waals surface area contributed by atoms with E-state index in [0.29, 0.717) is 31.9 Å². The molecule has 24 heavy (non-hydrogen) atoms. The number of benzene rings is 1. The molecule has 0 N–H and O–H groups in total. The van der Waals surface area contributed by atoms with Gasteiger partial charge in [0.05, 0.1) is 18.1 Å². The van der Waals surface area contributed by atoms with Gasteiger partial charge in [-0.25, -0.2) is 8.42 Å². The summed E-state index contributed by atoms with van der Waals surface area (Å²) in [6, 6.07) is 9.88. The van der Waals surface area contributed by atoms with Crippen molar-refractivity contribution in [3.05, 3.63) is 53.5 Å². The van der Waals surface area contributed by atoms with Gasteiger partial charge in [-0.3, -0.25) is 4.79 Å². The number of nitrogens with zero attached hydrogens (tertiary/aromatic N) is 1. The molecule has 3 rings (SSSR count). The normalized spacial score (nSPS) is 15.5. The molecule has 2 aromatic rings. The number of hydrogen-bond acceptors (Lipinski definition) is 5. The maximum absolute atomic E-state index is 12.5. The molecule has 0 bridgehead atoms. The number of carbonyl (C=O) groups excluding carboxylic acids is 1. The SMILES string of the molecule is Cc1ccccc1S(=O)(=O)Cc1ccc(C(=O)N2CCOCC2)o1. The lowest BCUT2D eigenvalue weighted by Gasteiger charge is -2.25. The van der Waals surface area contributed by atoms with Crippen LogP contribution in [0.15, 0.2) is 45.7 Å². The average molecular weight is 349 g/mol. The topological polar surface area (TPSA) is 76.8 Å². The zero-order valence-electron chi connectivity index (χ0n) is 13.4. The van der Waals surface area contributed by atoms with Gasteiger partial charge in [0.2, 0.25) is 0 Å². The van der Waals surface area contributed by atoms with Gasteiger partial charge in [-0.05, 0) is 30.7 Å². The van der Waals surface area contributed by atoms with Crippen molar-refractivity contribution in [1.29, 1.82) is 0 Å². The molecule has 1 fully saturated rings. The van der Waals surface area contributed by atoms with Gasteiger partial charge in [0.1, 0.15) is 11.5 Å². The maximum atomic E-state index is 12.5. The van der Waals surface area contributed by atoms with E-state index < -0.39 is 9.84 Å². The Morgan fingerprint density at radius 3 is 2.54 bits per heavy atom. The molecule has 0 saturated carbocycles. The molecule has 1 aromatic heterocycles. The summed E-state index contributed by atoms with van der Waals surface area (Å²) in [6.07, 6.45) is 0. The average Bonchev–Trinajstić information content (AvgIpc) is 3.03. The van der Waals surface area contributed by atoms with Crippen molar-refractivity contribution in [2.24, 2.45) is 0 Å². The number of ether oxygens (including phenoxy) is 1. The van der Waals surface area contributed by atoms with Gasteiger partial charge in [-0.15, -0.1) is 0 Å². The molecule has 0 spiro atoms. The summed E-state index contributed by atoms with van der Waals surface area (Å²) in [5, 5.41) is 0. The molecule has 1 saturated heterocycles. The first kappa shape index (κ1) is 16.7. The van der Waals surface area contributed by atoms with Crippen LogP contribution in [0.25, 0.3) is 0 Å². The van der Waals surface area contributed by atoms with Gasteiger partial charge in [0.15, 0.2) is 15.6 Å². The van der Waals surface area contributed by atoms with E-state index in [0.717, 1.165) is 0 Å². The third kappa shape index (κ3) is 3.52. The van der Waals surface area contributed by atoms with E-state index in [1.165, 1.54) is 6.07 Å². The summed E-state index contributed by atoms with van der Waals surface area (Å²) in [7, 11) is -3.52. The van der Waals surface area contributed by atoms with Gasteiger partial charge >= 0.3 is 0 Å². The monoisotopic (exact) mass is 349 g/mol. The molecule has 0 aliphatic carbocycles. The molecule has 0 atom stereocenters. The van der Waals surface area contributed by atoms with Crippen LogP contribution in [0.1, 0.15) is 21.9 Å². The highest BCUT2D eigenvalue weighted by molar-refractivity contribution is 7.90. The van der Waals surface area contributed by atoms with Crippen LogP contribution in [0.2, 0.25) is 0 Å². The Labute approximate surface area is 140 Å². The van der Waals surface area contributed by atoms with Crippen molar-refractivity contribution in [3.8, 4) is 0 Å². The zero-order valence-corrected chi connectivity index (χ0v) is 14.2. The number of hydrogen-bond donors (Lipinski definition) is 0. The fraction of sp³-hybridized carbons (Fsp3) is 0.353. The van der Waals surface area contributed by atoms with E-state index in [1.54, 1.807) is 42.2 Å². The van der Waals surface area contributed by atoms with Crippen LogP contribution in [-0.2, 0) is 20.3 Å². The minimum absolute atomic E-state index is 0.159. The molecule has 0 radical (unpaired) electrons. The predicted molar refractivity (Wildman–Crippen MR) is 87.5 cm³/mol. The van der Waals surface area contributed by atoms with Crippen LogP contribution in [0.5, 0.6) is 0 Å². The van der Waals surface area contributed by atoms with Crippen molar-refractivity contribution >= 4 is 15.7 Å². The fourth-order valence-electron chi connectivity index (χ4n) is 2.66. The van der Waals surface area contributed by atoms with Gasteiger partial charge < -0.3 is 14.1 Å². The van der Waals surface area contributed by atoms with E-state index >= 15 is 0 Å². The molecule has 6 nitrogen and oxygen atoms in total. The second-order valence-corrected chi connectivity index (χ2v) is 7.65. The van der Waals surface area contributed by atoms with E-state index in [2.05, 4.69) is 0 Å². The quantitative estimate of drug-likeness (QED) is 0.844. The van der Waals surface area contributed by atoms with Crippen molar-refractivity contribution < 1.29 is 22.4 Å². The number of amides is 1. The van der Waals surface area contributed by atoms with Crippen molar-refractivity contribution in [2.45, 2.75) is 17.6 Å². The second kappa shape index (κ2) is 6.78. The van der Waals surface area contributed by atoms with Crippen LogP contribution >= 0.6 is 0 Å². The lowest BCUT2D eigenvalue weighted by atomic mass is 10.2. The standard InChI is InChI=1S/C17H19NO5S/c1-13-4-2-3-5-16(13)24(20,21)12-14-6-7-15(23-14)17(19)18-8-10-22-11-9-18/h2-7H,8-12H2,1H3. The van der Waals surface area contributed by atoms with Crippen molar-refractivity contribution in [3.63, 3.8) is 0 Å². The predicted octanol–water partition coefficient (Wildman–Crippen LogP) is 2.03. The Balaban J connectivity index is 1.76. The lowest BCUT2D eigenvalue weighted by molar-refractivity contribution is 0.0282. The molecule has 1 aliphatic heterocycles. The summed E-state index contributed by atoms with van der Waals surface area (Å²) in [6.45, 7) is 3.77. The summed E-state index contributed by atoms with van der Waals surface area (Å²) in [4.78, 5) is 14.3. The van der Waals surface area contributed by atoms with Crippen molar-refractivity contribution in [1.82, 2.24) is 4.90 Å². The minimum Gasteiger partial charge on any atom is -0.455 e.